The molecule has 0 aliphatic rings. The fourth-order valence-corrected chi connectivity index (χ4v) is 2.05. The first-order valence-electron chi connectivity index (χ1n) is 6.98. The van der Waals surface area contributed by atoms with E-state index in [0.29, 0.717) is 26.0 Å². The Labute approximate surface area is 180 Å². The van der Waals surface area contributed by atoms with E-state index in [4.69, 9.17) is 9.84 Å². The molecule has 0 saturated carbocycles. The van der Waals surface area contributed by atoms with E-state index in [2.05, 4.69) is 17.6 Å². The van der Waals surface area contributed by atoms with Gasteiger partial charge in [0.05, 0.1) is 6.35 Å². The Hall–Kier alpha value is 2.28. The maximum absolute atomic E-state index is 11.5. The van der Waals surface area contributed by atoms with Gasteiger partial charge >= 0.3 is 0 Å². The molecule has 0 rings (SSSR count). The molecule has 0 heterocycles. The van der Waals surface area contributed by atoms with Crippen molar-refractivity contribution in [2.75, 3.05) is 46.0 Å². The molecule has 8 heteroatoms. The quantitative estimate of drug-likeness (QED) is 0.352. The molecule has 0 spiro atoms. The molecule has 0 aromatic heterocycles. The molecule has 0 fully saturated rings. The summed E-state index contributed by atoms with van der Waals surface area (Å²) in [5.74, 6) is 0. The van der Waals surface area contributed by atoms with E-state index in [1.807, 2.05) is 6.92 Å². The summed E-state index contributed by atoms with van der Waals surface area (Å²) in [5, 5.41) is 17.9. The van der Waals surface area contributed by atoms with Crippen molar-refractivity contribution in [3.63, 3.8) is 0 Å². The van der Waals surface area contributed by atoms with Crippen LogP contribution in [0.25, 0.3) is 10.6 Å². The van der Waals surface area contributed by atoms with E-state index in [1.54, 1.807) is 13.3 Å². The fourth-order valence-electron chi connectivity index (χ4n) is 1.50. The average Bonchev–Trinajstić information content (AvgIpc) is 2.35. The van der Waals surface area contributed by atoms with Gasteiger partial charge < -0.3 is 25.0 Å². The second-order valence-corrected chi connectivity index (χ2v) is 8.60. The van der Waals surface area contributed by atoms with Crippen molar-refractivity contribution < 1.29 is 79.8 Å². The molecule has 0 aliphatic heterocycles. The zero-order valence-electron chi connectivity index (χ0n) is 13.9. The van der Waals surface area contributed by atoms with Crippen LogP contribution in [-0.2, 0) is 74.7 Å². The Bertz CT molecular complexity index is 264. The Morgan fingerprint density at radius 2 is 1.52 bits per heavy atom. The van der Waals surface area contributed by atoms with Gasteiger partial charge in [-0.1, -0.05) is 26.7 Å². The predicted molar refractivity (Wildman–Crippen MR) is 82.0 cm³/mol. The molecule has 5 nitrogen and oxygen atoms in total. The van der Waals surface area contributed by atoms with Gasteiger partial charge in [0, 0.05) is 78.6 Å². The van der Waals surface area contributed by atoms with Crippen LogP contribution < -0.4 is 0 Å². The summed E-state index contributed by atoms with van der Waals surface area (Å²) < 4.78 is 16.9. The summed E-state index contributed by atoms with van der Waals surface area (Å²) in [6, 6.07) is 0.188. The fraction of sp³-hybridized carbons (Fsp3) is 1.00. The number of nitrogens with zero attached hydrogens (tertiary/aromatic N) is 2. The summed E-state index contributed by atoms with van der Waals surface area (Å²) >= 11 is 0. The first-order chi connectivity index (χ1) is 8.92. The Morgan fingerprint density at radius 3 is 1.90 bits per heavy atom. The van der Waals surface area contributed by atoms with Gasteiger partial charge in [0.15, 0.2) is 0 Å². The molecule has 0 bridgehead atoms. The predicted octanol–water partition coefficient (Wildman–Crippen LogP) is 2.88. The summed E-state index contributed by atoms with van der Waals surface area (Å²) in [4.78, 5) is 0. The summed E-state index contributed by atoms with van der Waals surface area (Å²) in [6.07, 6.45) is 2.10. The van der Waals surface area contributed by atoms with Gasteiger partial charge in [-0.25, -0.2) is 0 Å². The molecule has 2 radical (unpaired) electrons. The van der Waals surface area contributed by atoms with Crippen molar-refractivity contribution in [2.24, 2.45) is 0 Å². The largest absolute Gasteiger partial charge is 0.659 e. The minimum Gasteiger partial charge on any atom is -0.659 e. The summed E-state index contributed by atoms with van der Waals surface area (Å²) in [7, 11) is -2.10. The Morgan fingerprint density at radius 1 is 1.05 bits per heavy atom. The molecule has 0 unspecified atom stereocenters. The maximum atomic E-state index is 11.5. The van der Waals surface area contributed by atoms with E-state index in [0.717, 1.165) is 12.8 Å². The molecule has 122 valence electrons. The van der Waals surface area contributed by atoms with Crippen LogP contribution in [0.4, 0.5) is 0 Å². The molecule has 1 N–H and O–H groups in total. The van der Waals surface area contributed by atoms with Gasteiger partial charge in [0.1, 0.15) is 7.14 Å². The monoisotopic (exact) mass is 470 g/mol. The number of aliphatic hydroxyl groups excluding tert-OH is 1. The van der Waals surface area contributed by atoms with Crippen LogP contribution in [0.3, 0.4) is 0 Å². The molecule has 21 heavy (non-hydrogen) atoms. The van der Waals surface area contributed by atoms with E-state index in [9.17, 15) is 4.57 Å². The second-order valence-electron chi connectivity index (χ2n) is 5.19. The first kappa shape index (κ1) is 28.1. The number of ether oxygens (including phenoxy) is 1. The molecular formula is C13H29N2O3PY2-2. The number of hydrogen-bond donors (Lipinski definition) is 1. The van der Waals surface area contributed by atoms with Crippen molar-refractivity contribution in [3.8, 4) is 0 Å². The number of aliphatic hydroxyl groups is 1. The average molecular weight is 470 g/mol. The third kappa shape index (κ3) is 18.5. The maximum Gasteiger partial charge on any atom is 0.106 e. The minimum atomic E-state index is -2.10. The van der Waals surface area contributed by atoms with Crippen LogP contribution in [0.1, 0.15) is 26.7 Å². The van der Waals surface area contributed by atoms with Crippen molar-refractivity contribution >= 4 is 7.14 Å². The van der Waals surface area contributed by atoms with Crippen molar-refractivity contribution in [3.05, 3.63) is 10.6 Å². The topological polar surface area (TPSA) is 74.7 Å². The van der Waals surface area contributed by atoms with Crippen LogP contribution in [0.2, 0.25) is 0 Å². The van der Waals surface area contributed by atoms with Crippen LogP contribution >= 0.6 is 7.14 Å². The van der Waals surface area contributed by atoms with Crippen LogP contribution in [-0.4, -0.2) is 63.2 Å². The molecular weight excluding hydrogens is 441 g/mol. The standard InChI is InChI=1S/C13H29N2O3P.2Y/c1-5-12(9-16)14-7-8-15-13(6-2)10-18-11-19(3,4)17;;/h12-13,16H,5-11H2,1-4H3;;/q-2;;/t12-,13-;;/m0../s1. The normalized spacial score (nSPS) is 14.0. The molecule has 0 aromatic carbocycles. The van der Waals surface area contributed by atoms with E-state index in [1.165, 1.54) is 0 Å². The number of rotatable bonds is 12. The minimum absolute atomic E-state index is 0. The molecule has 0 amide bonds. The third-order valence-electron chi connectivity index (χ3n) is 2.74. The molecule has 2 atom stereocenters. The van der Waals surface area contributed by atoms with Crippen LogP contribution in [0.15, 0.2) is 0 Å². The zero-order valence-corrected chi connectivity index (χ0v) is 20.4. The van der Waals surface area contributed by atoms with Crippen molar-refractivity contribution in [2.45, 2.75) is 38.8 Å². The smallest absolute Gasteiger partial charge is 0.106 e. The summed E-state index contributed by atoms with van der Waals surface area (Å²) in [6.45, 7) is 9.47. The second kappa shape index (κ2) is 17.1. The van der Waals surface area contributed by atoms with Gasteiger partial charge in [-0.15, -0.1) is 12.1 Å². The molecule has 0 saturated heterocycles. The van der Waals surface area contributed by atoms with Crippen molar-refractivity contribution in [1.82, 2.24) is 0 Å². The van der Waals surface area contributed by atoms with Gasteiger partial charge in [-0.05, 0) is 13.3 Å². The van der Waals surface area contributed by atoms with E-state index in [-0.39, 0.29) is 84.1 Å². The third-order valence-corrected chi connectivity index (χ3v) is 3.54. The Kier molecular flexibility index (Phi) is 22.9. The van der Waals surface area contributed by atoms with Crippen molar-refractivity contribution in [1.29, 1.82) is 0 Å². The molecule has 0 aromatic rings. The zero-order chi connectivity index (χ0) is 14.7. The van der Waals surface area contributed by atoms with Gasteiger partial charge in [0.25, 0.3) is 0 Å². The van der Waals surface area contributed by atoms with E-state index < -0.39 is 7.14 Å². The first-order valence-corrected chi connectivity index (χ1v) is 9.77. The Balaban J connectivity index is -0.00000162. The van der Waals surface area contributed by atoms with Gasteiger partial charge in [-0.3, -0.25) is 0 Å². The SMILES string of the molecule is CC[C@@H](CO)[N-]CC[N-][C@@H](CC)COCP(C)(C)=O.[Y].[Y]. The summed E-state index contributed by atoms with van der Waals surface area (Å²) in [5.41, 5.74) is 0. The van der Waals surface area contributed by atoms with Crippen LogP contribution in [0, 0.1) is 0 Å². The van der Waals surface area contributed by atoms with E-state index >= 15 is 0 Å². The van der Waals surface area contributed by atoms with Gasteiger partial charge in [-0.2, -0.15) is 13.1 Å². The molecule has 0 aliphatic carbocycles. The number of hydrogen-bond acceptors (Lipinski definition) is 3. The van der Waals surface area contributed by atoms with Crippen LogP contribution in [0.5, 0.6) is 0 Å². The van der Waals surface area contributed by atoms with Gasteiger partial charge in [0.2, 0.25) is 0 Å².